The van der Waals surface area contributed by atoms with E-state index in [1.807, 2.05) is 25.1 Å². The molecule has 0 bridgehead atoms. The third-order valence-corrected chi connectivity index (χ3v) is 5.84. The highest BCUT2D eigenvalue weighted by molar-refractivity contribution is 8.00. The number of carbonyl (C=O) groups is 2. The molecule has 1 atom stereocenters. The summed E-state index contributed by atoms with van der Waals surface area (Å²) in [6.45, 7) is 1.82. The van der Waals surface area contributed by atoms with Crippen molar-refractivity contribution in [3.8, 4) is 17.2 Å². The highest BCUT2D eigenvalue weighted by atomic mass is 32.2. The normalized spacial score (nSPS) is 11.3. The lowest BCUT2D eigenvalue weighted by Crippen LogP contribution is -2.22. The number of hydrogen-bond donors (Lipinski definition) is 2. The van der Waals surface area contributed by atoms with Crippen LogP contribution in [0.15, 0.2) is 71.6 Å². The average Bonchev–Trinajstić information content (AvgIpc) is 2.83. The Morgan fingerprint density at radius 1 is 0.758 bits per heavy atom. The number of nitrogens with one attached hydrogen (secondary N) is 2. The first-order chi connectivity index (χ1) is 15.9. The van der Waals surface area contributed by atoms with Gasteiger partial charge >= 0.3 is 0 Å². The minimum atomic E-state index is -0.380. The predicted octanol–water partition coefficient (Wildman–Crippen LogP) is 5.08. The maximum atomic E-state index is 12.7. The Kier molecular flexibility index (Phi) is 8.21. The van der Waals surface area contributed by atoms with Crippen molar-refractivity contribution in [3.05, 3.63) is 72.3 Å². The first-order valence-electron chi connectivity index (χ1n) is 10.2. The Hall–Kier alpha value is -3.65. The number of ether oxygens (including phenoxy) is 3. The fourth-order valence-corrected chi connectivity index (χ4v) is 3.90. The lowest BCUT2D eigenvalue weighted by atomic mass is 10.2. The number of hydrogen-bond acceptors (Lipinski definition) is 6. The van der Waals surface area contributed by atoms with E-state index >= 15 is 0 Å². The van der Waals surface area contributed by atoms with E-state index in [-0.39, 0.29) is 17.1 Å². The number of anilines is 2. The summed E-state index contributed by atoms with van der Waals surface area (Å²) in [6.07, 6.45) is 0. The molecule has 0 aliphatic carbocycles. The molecule has 0 aromatic heterocycles. The third kappa shape index (κ3) is 6.66. The van der Waals surface area contributed by atoms with Gasteiger partial charge in [-0.25, -0.2) is 0 Å². The maximum absolute atomic E-state index is 12.7. The molecular formula is C25H26N2O5S. The number of methoxy groups -OCH3 is 3. The van der Waals surface area contributed by atoms with Crippen LogP contribution in [0.2, 0.25) is 0 Å². The van der Waals surface area contributed by atoms with Gasteiger partial charge in [0.05, 0.1) is 26.6 Å². The predicted molar refractivity (Wildman–Crippen MR) is 131 cm³/mol. The van der Waals surface area contributed by atoms with E-state index in [9.17, 15) is 9.59 Å². The molecule has 0 aliphatic heterocycles. The maximum Gasteiger partial charge on any atom is 0.255 e. The minimum absolute atomic E-state index is 0.164. The highest BCUT2D eigenvalue weighted by Crippen LogP contribution is 2.29. The van der Waals surface area contributed by atoms with Gasteiger partial charge in [0, 0.05) is 40.0 Å². The number of carbonyl (C=O) groups excluding carboxylic acids is 2. The zero-order chi connectivity index (χ0) is 23.8. The average molecular weight is 467 g/mol. The van der Waals surface area contributed by atoms with Crippen LogP contribution in [0.5, 0.6) is 17.2 Å². The summed E-state index contributed by atoms with van der Waals surface area (Å²) in [4.78, 5) is 26.1. The van der Waals surface area contributed by atoms with Gasteiger partial charge in [-0.2, -0.15) is 0 Å². The van der Waals surface area contributed by atoms with Crippen molar-refractivity contribution in [1.82, 2.24) is 0 Å². The second-order valence-electron chi connectivity index (χ2n) is 7.06. The first kappa shape index (κ1) is 24.0. The van der Waals surface area contributed by atoms with E-state index < -0.39 is 0 Å². The Balaban J connectivity index is 1.63. The zero-order valence-corrected chi connectivity index (χ0v) is 19.7. The highest BCUT2D eigenvalue weighted by Gasteiger charge is 2.16. The van der Waals surface area contributed by atoms with Crippen molar-refractivity contribution >= 4 is 35.0 Å². The van der Waals surface area contributed by atoms with Gasteiger partial charge in [0.15, 0.2) is 0 Å². The van der Waals surface area contributed by atoms with Crippen LogP contribution in [0.4, 0.5) is 11.4 Å². The van der Waals surface area contributed by atoms with Crippen LogP contribution in [0.25, 0.3) is 0 Å². The van der Waals surface area contributed by atoms with Crippen LogP contribution in [0, 0.1) is 0 Å². The fourth-order valence-electron chi connectivity index (χ4n) is 2.97. The van der Waals surface area contributed by atoms with Gasteiger partial charge in [-0.3, -0.25) is 9.59 Å². The van der Waals surface area contributed by atoms with E-state index in [1.54, 1.807) is 69.9 Å². The summed E-state index contributed by atoms with van der Waals surface area (Å²) in [7, 11) is 4.69. The zero-order valence-electron chi connectivity index (χ0n) is 18.9. The van der Waals surface area contributed by atoms with Crippen LogP contribution < -0.4 is 24.8 Å². The lowest BCUT2D eigenvalue weighted by Gasteiger charge is -2.14. The molecular weight excluding hydrogens is 440 g/mol. The van der Waals surface area contributed by atoms with Gasteiger partial charge in [-0.15, -0.1) is 11.8 Å². The van der Waals surface area contributed by atoms with E-state index in [4.69, 9.17) is 14.2 Å². The third-order valence-electron chi connectivity index (χ3n) is 4.75. The van der Waals surface area contributed by atoms with Crippen LogP contribution in [-0.4, -0.2) is 38.4 Å². The monoisotopic (exact) mass is 466 g/mol. The van der Waals surface area contributed by atoms with Gasteiger partial charge in [0.1, 0.15) is 17.2 Å². The molecule has 3 aromatic carbocycles. The Morgan fingerprint density at radius 3 is 2.00 bits per heavy atom. The SMILES string of the molecule is COc1ccc(C(=O)Nc2cccc(SC(C)C(=O)Nc3cc(OC)cc(OC)c3)c2)cc1. The number of rotatable bonds is 9. The molecule has 172 valence electrons. The minimum Gasteiger partial charge on any atom is -0.497 e. The van der Waals surface area contributed by atoms with Crippen molar-refractivity contribution in [2.45, 2.75) is 17.1 Å². The second kappa shape index (κ2) is 11.3. The summed E-state index contributed by atoms with van der Waals surface area (Å²) in [6, 6.07) is 19.4. The fraction of sp³-hybridized carbons (Fsp3) is 0.200. The largest absolute Gasteiger partial charge is 0.497 e. The molecule has 3 aromatic rings. The Bertz CT molecular complexity index is 1100. The van der Waals surface area contributed by atoms with E-state index in [0.717, 1.165) is 4.90 Å². The standard InChI is InChI=1S/C25H26N2O5S/c1-16(24(28)27-19-12-21(31-3)15-22(13-19)32-4)33-23-7-5-6-18(14-23)26-25(29)17-8-10-20(30-2)11-9-17/h5-16H,1-4H3,(H,26,29)(H,27,28). The molecule has 8 heteroatoms. The summed E-state index contributed by atoms with van der Waals surface area (Å²) < 4.78 is 15.6. The summed E-state index contributed by atoms with van der Waals surface area (Å²) in [5.41, 5.74) is 1.76. The number of benzene rings is 3. The molecule has 0 heterocycles. The number of amides is 2. The van der Waals surface area contributed by atoms with Crippen LogP contribution in [0.3, 0.4) is 0 Å². The topological polar surface area (TPSA) is 85.9 Å². The molecule has 1 unspecified atom stereocenters. The quantitative estimate of drug-likeness (QED) is 0.428. The van der Waals surface area contributed by atoms with Gasteiger partial charge in [-0.05, 0) is 49.4 Å². The van der Waals surface area contributed by atoms with Crippen molar-refractivity contribution in [2.24, 2.45) is 0 Å². The molecule has 2 N–H and O–H groups in total. The number of thioether (sulfide) groups is 1. The van der Waals surface area contributed by atoms with Crippen molar-refractivity contribution in [3.63, 3.8) is 0 Å². The first-order valence-corrected chi connectivity index (χ1v) is 11.1. The molecule has 0 aliphatic rings. The van der Waals surface area contributed by atoms with Crippen molar-refractivity contribution in [1.29, 1.82) is 0 Å². The molecule has 3 rings (SSSR count). The summed E-state index contributed by atoms with van der Waals surface area (Å²) in [5, 5.41) is 5.39. The van der Waals surface area contributed by atoms with Gasteiger partial charge in [0.25, 0.3) is 5.91 Å². The van der Waals surface area contributed by atoms with Crippen LogP contribution in [0.1, 0.15) is 17.3 Å². The van der Waals surface area contributed by atoms with Crippen molar-refractivity contribution < 1.29 is 23.8 Å². The van der Waals surface area contributed by atoms with Gasteiger partial charge in [0.2, 0.25) is 5.91 Å². The van der Waals surface area contributed by atoms with E-state index in [1.165, 1.54) is 11.8 Å². The molecule has 0 saturated carbocycles. The lowest BCUT2D eigenvalue weighted by molar-refractivity contribution is -0.115. The van der Waals surface area contributed by atoms with Crippen LogP contribution >= 0.6 is 11.8 Å². The molecule has 0 fully saturated rings. The smallest absolute Gasteiger partial charge is 0.255 e. The summed E-state index contributed by atoms with van der Waals surface area (Å²) >= 11 is 1.39. The summed E-state index contributed by atoms with van der Waals surface area (Å²) in [5.74, 6) is 1.47. The second-order valence-corrected chi connectivity index (χ2v) is 8.48. The van der Waals surface area contributed by atoms with Crippen LogP contribution in [-0.2, 0) is 4.79 Å². The molecule has 7 nitrogen and oxygen atoms in total. The van der Waals surface area contributed by atoms with E-state index in [0.29, 0.717) is 34.2 Å². The molecule has 0 radical (unpaired) electrons. The van der Waals surface area contributed by atoms with Gasteiger partial charge < -0.3 is 24.8 Å². The molecule has 2 amide bonds. The molecule has 33 heavy (non-hydrogen) atoms. The molecule has 0 saturated heterocycles. The molecule has 0 spiro atoms. The Labute approximate surface area is 197 Å². The van der Waals surface area contributed by atoms with E-state index in [2.05, 4.69) is 10.6 Å². The Morgan fingerprint density at radius 2 is 1.39 bits per heavy atom. The van der Waals surface area contributed by atoms with Crippen molar-refractivity contribution in [2.75, 3.05) is 32.0 Å². The van der Waals surface area contributed by atoms with Gasteiger partial charge in [-0.1, -0.05) is 6.07 Å².